The number of anilines is 1. The van der Waals surface area contributed by atoms with Gasteiger partial charge in [0, 0.05) is 18.8 Å². The van der Waals surface area contributed by atoms with Gasteiger partial charge in [0.1, 0.15) is 11.3 Å². The molecule has 20 heavy (non-hydrogen) atoms. The lowest BCUT2D eigenvalue weighted by molar-refractivity contribution is 0.0247. The number of benzene rings is 1. The number of piperidine rings is 1. The van der Waals surface area contributed by atoms with Gasteiger partial charge in [-0.2, -0.15) is 0 Å². The van der Waals surface area contributed by atoms with E-state index in [1.54, 1.807) is 23.1 Å². The number of rotatable bonds is 3. The van der Waals surface area contributed by atoms with Crippen LogP contribution in [0.1, 0.15) is 30.6 Å². The molecule has 1 fully saturated rings. The number of nitrogen functional groups attached to an aromatic ring is 1. The first-order valence-electron chi connectivity index (χ1n) is 7.03. The van der Waals surface area contributed by atoms with Gasteiger partial charge in [0.2, 0.25) is 0 Å². The third kappa shape index (κ3) is 2.88. The van der Waals surface area contributed by atoms with Gasteiger partial charge in [0.05, 0.1) is 12.7 Å². The molecule has 0 radical (unpaired) electrons. The number of ether oxygens (including phenoxy) is 1. The summed E-state index contributed by atoms with van der Waals surface area (Å²) < 4.78 is 5.49. The number of hydrogen-bond donors (Lipinski definition) is 2. The van der Waals surface area contributed by atoms with Gasteiger partial charge in [-0.3, -0.25) is 4.79 Å². The number of aliphatic hydroxyl groups is 1. The molecule has 2 rings (SSSR count). The molecule has 5 nitrogen and oxygen atoms in total. The second-order valence-corrected chi connectivity index (χ2v) is 5.24. The molecule has 0 saturated carbocycles. The van der Waals surface area contributed by atoms with Crippen LogP contribution in [0.4, 0.5) is 5.69 Å². The number of likely N-dealkylation sites (tertiary alicyclic amines) is 1. The highest BCUT2D eigenvalue weighted by Gasteiger charge is 2.30. The quantitative estimate of drug-likeness (QED) is 0.822. The van der Waals surface area contributed by atoms with Crippen LogP contribution in [0.15, 0.2) is 18.2 Å². The van der Waals surface area contributed by atoms with Gasteiger partial charge in [0.15, 0.2) is 0 Å². The van der Waals surface area contributed by atoms with Gasteiger partial charge in [-0.25, -0.2) is 0 Å². The Morgan fingerprint density at radius 2 is 2.30 bits per heavy atom. The first kappa shape index (κ1) is 14.7. The van der Waals surface area contributed by atoms with Crippen LogP contribution in [0.3, 0.4) is 0 Å². The van der Waals surface area contributed by atoms with Crippen molar-refractivity contribution < 1.29 is 14.6 Å². The van der Waals surface area contributed by atoms with E-state index in [9.17, 15) is 9.90 Å². The summed E-state index contributed by atoms with van der Waals surface area (Å²) in [6.45, 7) is 5.32. The first-order valence-corrected chi connectivity index (χ1v) is 7.03. The van der Waals surface area contributed by atoms with E-state index in [0.29, 0.717) is 36.7 Å². The molecule has 1 aliphatic rings. The standard InChI is InChI=1S/C15H22N2O3/c1-3-20-13-6-4-5-11(16)14(13)15(19)17-8-7-10(2)12(18)9-17/h4-6,10,12,18H,3,7-9,16H2,1-2H3. The van der Waals surface area contributed by atoms with E-state index >= 15 is 0 Å². The van der Waals surface area contributed by atoms with E-state index in [1.165, 1.54) is 0 Å². The number of β-amino-alcohol motifs (C(OH)–C–C–N with tert-alkyl or cyclic N) is 1. The van der Waals surface area contributed by atoms with Gasteiger partial charge < -0.3 is 20.5 Å². The summed E-state index contributed by atoms with van der Waals surface area (Å²) in [4.78, 5) is 14.3. The summed E-state index contributed by atoms with van der Waals surface area (Å²) in [7, 11) is 0. The molecule has 110 valence electrons. The summed E-state index contributed by atoms with van der Waals surface area (Å²) in [6, 6.07) is 5.21. The van der Waals surface area contributed by atoms with Crippen LogP contribution in [-0.2, 0) is 0 Å². The Hall–Kier alpha value is -1.75. The average molecular weight is 278 g/mol. The largest absolute Gasteiger partial charge is 0.493 e. The van der Waals surface area contributed by atoms with E-state index in [0.717, 1.165) is 6.42 Å². The highest BCUT2D eigenvalue weighted by Crippen LogP contribution is 2.28. The van der Waals surface area contributed by atoms with Gasteiger partial charge in [0.25, 0.3) is 5.91 Å². The van der Waals surface area contributed by atoms with Crippen molar-refractivity contribution in [2.45, 2.75) is 26.4 Å². The monoisotopic (exact) mass is 278 g/mol. The predicted molar refractivity (Wildman–Crippen MR) is 77.7 cm³/mol. The maximum absolute atomic E-state index is 12.6. The Balaban J connectivity index is 2.25. The number of aliphatic hydroxyl groups excluding tert-OH is 1. The number of nitrogens with zero attached hydrogens (tertiary/aromatic N) is 1. The number of carbonyl (C=O) groups excluding carboxylic acids is 1. The van der Waals surface area contributed by atoms with Gasteiger partial charge in [-0.05, 0) is 31.4 Å². The molecule has 0 bridgehead atoms. The van der Waals surface area contributed by atoms with Crippen molar-refractivity contribution in [2.75, 3.05) is 25.4 Å². The summed E-state index contributed by atoms with van der Waals surface area (Å²) in [5.41, 5.74) is 6.74. The molecule has 5 heteroatoms. The Labute approximate surface area is 119 Å². The second-order valence-electron chi connectivity index (χ2n) is 5.24. The minimum Gasteiger partial charge on any atom is -0.493 e. The lowest BCUT2D eigenvalue weighted by atomic mass is 9.95. The fourth-order valence-corrected chi connectivity index (χ4v) is 2.44. The maximum Gasteiger partial charge on any atom is 0.259 e. The lowest BCUT2D eigenvalue weighted by Gasteiger charge is -2.34. The molecule has 1 saturated heterocycles. The van der Waals surface area contributed by atoms with E-state index in [1.807, 2.05) is 13.8 Å². The summed E-state index contributed by atoms with van der Waals surface area (Å²) in [5.74, 6) is 0.557. The zero-order valence-electron chi connectivity index (χ0n) is 12.0. The lowest BCUT2D eigenvalue weighted by Crippen LogP contribution is -2.46. The molecule has 0 aromatic heterocycles. The normalized spacial score (nSPS) is 22.6. The zero-order chi connectivity index (χ0) is 14.7. The summed E-state index contributed by atoms with van der Waals surface area (Å²) >= 11 is 0. The minimum atomic E-state index is -0.479. The number of hydrogen-bond acceptors (Lipinski definition) is 4. The van der Waals surface area contributed by atoms with Crippen LogP contribution in [0.2, 0.25) is 0 Å². The van der Waals surface area contributed by atoms with Gasteiger partial charge in [-0.1, -0.05) is 13.0 Å². The van der Waals surface area contributed by atoms with Gasteiger partial charge in [-0.15, -0.1) is 0 Å². The van der Waals surface area contributed by atoms with Crippen LogP contribution in [0, 0.1) is 5.92 Å². The van der Waals surface area contributed by atoms with Gasteiger partial charge >= 0.3 is 0 Å². The molecule has 1 aromatic carbocycles. The fourth-order valence-electron chi connectivity index (χ4n) is 2.44. The van der Waals surface area contributed by atoms with E-state index < -0.39 is 6.10 Å². The van der Waals surface area contributed by atoms with Crippen LogP contribution in [-0.4, -0.2) is 41.7 Å². The highest BCUT2D eigenvalue weighted by atomic mass is 16.5. The van der Waals surface area contributed by atoms with Crippen LogP contribution in [0.5, 0.6) is 5.75 Å². The molecule has 1 aliphatic heterocycles. The molecule has 1 amide bonds. The molecular weight excluding hydrogens is 256 g/mol. The van der Waals surface area contributed by atoms with Crippen molar-refractivity contribution in [3.63, 3.8) is 0 Å². The second kappa shape index (κ2) is 6.13. The fraction of sp³-hybridized carbons (Fsp3) is 0.533. The van der Waals surface area contributed by atoms with E-state index in [-0.39, 0.29) is 11.8 Å². The smallest absolute Gasteiger partial charge is 0.259 e. The van der Waals surface area contributed by atoms with Crippen molar-refractivity contribution in [1.29, 1.82) is 0 Å². The van der Waals surface area contributed by atoms with Crippen molar-refractivity contribution in [3.8, 4) is 5.75 Å². The Kier molecular flexibility index (Phi) is 4.49. The zero-order valence-corrected chi connectivity index (χ0v) is 12.0. The SMILES string of the molecule is CCOc1cccc(N)c1C(=O)N1CCC(C)C(O)C1. The summed E-state index contributed by atoms with van der Waals surface area (Å²) in [5, 5.41) is 9.93. The Bertz CT molecular complexity index is 490. The highest BCUT2D eigenvalue weighted by molar-refractivity contribution is 6.02. The molecule has 0 aliphatic carbocycles. The average Bonchev–Trinajstić information content (AvgIpc) is 2.42. The molecule has 0 spiro atoms. The van der Waals surface area contributed by atoms with Crippen molar-refractivity contribution in [1.82, 2.24) is 4.90 Å². The molecule has 1 aromatic rings. The third-order valence-electron chi connectivity index (χ3n) is 3.78. The van der Waals surface area contributed by atoms with E-state index in [4.69, 9.17) is 10.5 Å². The number of nitrogens with two attached hydrogens (primary N) is 1. The molecule has 1 heterocycles. The topological polar surface area (TPSA) is 75.8 Å². The van der Waals surface area contributed by atoms with Crippen LogP contribution < -0.4 is 10.5 Å². The van der Waals surface area contributed by atoms with Crippen LogP contribution in [0.25, 0.3) is 0 Å². The maximum atomic E-state index is 12.6. The summed E-state index contributed by atoms with van der Waals surface area (Å²) in [6.07, 6.45) is 0.317. The van der Waals surface area contributed by atoms with Crippen molar-refractivity contribution in [3.05, 3.63) is 23.8 Å². The number of amides is 1. The molecular formula is C15H22N2O3. The minimum absolute atomic E-state index is 0.169. The molecule has 3 N–H and O–H groups in total. The van der Waals surface area contributed by atoms with E-state index in [2.05, 4.69) is 0 Å². The van der Waals surface area contributed by atoms with Crippen molar-refractivity contribution >= 4 is 11.6 Å². The third-order valence-corrected chi connectivity index (χ3v) is 3.78. The first-order chi connectivity index (χ1) is 9.54. The Morgan fingerprint density at radius 1 is 1.55 bits per heavy atom. The Morgan fingerprint density at radius 3 is 2.95 bits per heavy atom. The predicted octanol–water partition coefficient (Wildman–Crippen LogP) is 1.51. The number of carbonyl (C=O) groups is 1. The molecule has 2 unspecified atom stereocenters. The molecule has 2 atom stereocenters. The van der Waals surface area contributed by atoms with Crippen molar-refractivity contribution in [2.24, 2.45) is 5.92 Å². The van der Waals surface area contributed by atoms with Crippen LogP contribution >= 0.6 is 0 Å².